The number of guanidine groups is 1. The number of hydrogen-bond acceptors (Lipinski definition) is 2. The number of rotatable bonds is 8. The summed E-state index contributed by atoms with van der Waals surface area (Å²) in [5, 5.41) is 7.00. The Bertz CT molecular complexity index is 870. The second-order valence-corrected chi connectivity index (χ2v) is 7.71. The van der Waals surface area contributed by atoms with Crippen LogP contribution in [0.3, 0.4) is 0 Å². The number of halogens is 3. The first kappa shape index (κ1) is 25.4. The topological polar surface area (TPSA) is 58.4 Å². The largest absolute Gasteiger partial charge is 0.356 e. The molecule has 0 bridgehead atoms. The van der Waals surface area contributed by atoms with Gasteiger partial charge in [0.05, 0.1) is 0 Å². The standard InChI is InChI=1S/C21H28ClFN4O.HI/c1-21(2,17-10-9-16(23)14-18(17)22)15-26-20(24-3)25-11-5-7-13-27-12-6-4-8-19(27)28;/h4,6,8-10,12,14H,5,7,11,13,15H2,1-3H3,(H2,24,25,26);1H. The fourth-order valence-electron chi connectivity index (χ4n) is 2.92. The summed E-state index contributed by atoms with van der Waals surface area (Å²) in [6.45, 7) is 6.13. The normalized spacial score (nSPS) is 11.7. The van der Waals surface area contributed by atoms with Crippen LogP contribution in [0.1, 0.15) is 32.3 Å². The van der Waals surface area contributed by atoms with Crippen LogP contribution in [0.15, 0.2) is 52.4 Å². The lowest BCUT2D eigenvalue weighted by Gasteiger charge is -2.27. The molecule has 0 radical (unpaired) electrons. The molecule has 2 aromatic rings. The van der Waals surface area contributed by atoms with E-state index in [2.05, 4.69) is 15.6 Å². The van der Waals surface area contributed by atoms with E-state index in [1.54, 1.807) is 36.0 Å². The van der Waals surface area contributed by atoms with Crippen molar-refractivity contribution in [3.05, 3.63) is 69.4 Å². The summed E-state index contributed by atoms with van der Waals surface area (Å²) < 4.78 is 15.0. The third-order valence-electron chi connectivity index (χ3n) is 4.60. The first-order valence-electron chi connectivity index (χ1n) is 9.39. The molecule has 0 aliphatic heterocycles. The molecule has 8 heteroatoms. The molecule has 0 fully saturated rings. The lowest BCUT2D eigenvalue weighted by atomic mass is 9.84. The van der Waals surface area contributed by atoms with Crippen molar-refractivity contribution in [1.82, 2.24) is 15.2 Å². The lowest BCUT2D eigenvalue weighted by molar-refractivity contribution is 0.505. The van der Waals surface area contributed by atoms with Crippen molar-refractivity contribution >= 4 is 41.5 Å². The Morgan fingerprint density at radius 2 is 1.97 bits per heavy atom. The van der Waals surface area contributed by atoms with Gasteiger partial charge in [-0.15, -0.1) is 24.0 Å². The Morgan fingerprint density at radius 3 is 2.62 bits per heavy atom. The van der Waals surface area contributed by atoms with E-state index in [4.69, 9.17) is 11.6 Å². The second kappa shape index (κ2) is 12.2. The minimum atomic E-state index is -0.340. The highest BCUT2D eigenvalue weighted by molar-refractivity contribution is 14.0. The molecular formula is C21H29ClFIN4O. The van der Waals surface area contributed by atoms with Crippen LogP contribution < -0.4 is 16.2 Å². The predicted octanol–water partition coefficient (Wildman–Crippen LogP) is 4.18. The molecule has 0 atom stereocenters. The SMILES string of the molecule is CN=C(NCCCCn1ccccc1=O)NCC(C)(C)c1ccc(F)cc1Cl.I. The summed E-state index contributed by atoms with van der Waals surface area (Å²) in [6, 6.07) is 9.66. The molecule has 160 valence electrons. The third kappa shape index (κ3) is 7.97. The number of aliphatic imine (C=N–C) groups is 1. The zero-order valence-corrected chi connectivity index (χ0v) is 20.1. The van der Waals surface area contributed by atoms with E-state index in [0.717, 1.165) is 24.9 Å². The van der Waals surface area contributed by atoms with Crippen molar-refractivity contribution in [2.45, 2.75) is 38.6 Å². The van der Waals surface area contributed by atoms with Gasteiger partial charge in [0.25, 0.3) is 0 Å². The molecular weight excluding hydrogens is 506 g/mol. The minimum Gasteiger partial charge on any atom is -0.356 e. The molecule has 1 aromatic heterocycles. The monoisotopic (exact) mass is 534 g/mol. The van der Waals surface area contributed by atoms with E-state index in [9.17, 15) is 9.18 Å². The fraction of sp³-hybridized carbons (Fsp3) is 0.429. The molecule has 0 unspecified atom stereocenters. The van der Waals surface area contributed by atoms with Gasteiger partial charge < -0.3 is 15.2 Å². The molecule has 0 aliphatic rings. The zero-order chi connectivity index (χ0) is 20.6. The smallest absolute Gasteiger partial charge is 0.250 e. The summed E-state index contributed by atoms with van der Waals surface area (Å²) >= 11 is 6.21. The quantitative estimate of drug-likeness (QED) is 0.231. The van der Waals surface area contributed by atoms with E-state index in [0.29, 0.717) is 24.1 Å². The molecule has 5 nitrogen and oxygen atoms in total. The number of unbranched alkanes of at least 4 members (excludes halogenated alkanes) is 1. The van der Waals surface area contributed by atoms with Crippen LogP contribution in [0.2, 0.25) is 5.02 Å². The number of aryl methyl sites for hydroxylation is 1. The van der Waals surface area contributed by atoms with Crippen LogP contribution in [-0.2, 0) is 12.0 Å². The number of hydrogen-bond donors (Lipinski definition) is 2. The highest BCUT2D eigenvalue weighted by atomic mass is 127. The molecule has 0 saturated heterocycles. The summed E-state index contributed by atoms with van der Waals surface area (Å²) in [4.78, 5) is 15.9. The van der Waals surface area contributed by atoms with E-state index >= 15 is 0 Å². The number of nitrogens with one attached hydrogen (secondary N) is 2. The van der Waals surface area contributed by atoms with Crippen molar-refractivity contribution in [3.63, 3.8) is 0 Å². The summed E-state index contributed by atoms with van der Waals surface area (Å²) in [6.07, 6.45) is 3.61. The average Bonchev–Trinajstić information content (AvgIpc) is 2.65. The van der Waals surface area contributed by atoms with E-state index in [-0.39, 0.29) is 40.8 Å². The molecule has 0 saturated carbocycles. The Hall–Kier alpha value is -1.61. The van der Waals surface area contributed by atoms with Crippen molar-refractivity contribution in [3.8, 4) is 0 Å². The van der Waals surface area contributed by atoms with Gasteiger partial charge in [0.1, 0.15) is 5.82 Å². The van der Waals surface area contributed by atoms with E-state index in [1.807, 2.05) is 19.9 Å². The van der Waals surface area contributed by atoms with Crippen molar-refractivity contribution in [1.29, 1.82) is 0 Å². The van der Waals surface area contributed by atoms with Gasteiger partial charge in [0.15, 0.2) is 5.96 Å². The Kier molecular flexibility index (Phi) is 10.7. The molecule has 2 rings (SSSR count). The summed E-state index contributed by atoms with van der Waals surface area (Å²) in [7, 11) is 1.72. The minimum absolute atomic E-state index is 0. The Balaban J connectivity index is 0.00000420. The van der Waals surface area contributed by atoms with Gasteiger partial charge in [-0.2, -0.15) is 0 Å². The van der Waals surface area contributed by atoms with Crippen LogP contribution in [0.5, 0.6) is 0 Å². The number of nitrogens with zero attached hydrogens (tertiary/aromatic N) is 2. The maximum atomic E-state index is 13.3. The first-order valence-corrected chi connectivity index (χ1v) is 9.77. The van der Waals surface area contributed by atoms with Gasteiger partial charge in [-0.3, -0.25) is 9.79 Å². The Labute approximate surface area is 193 Å². The van der Waals surface area contributed by atoms with Crippen LogP contribution in [0.25, 0.3) is 0 Å². The second-order valence-electron chi connectivity index (χ2n) is 7.30. The molecule has 0 aliphatic carbocycles. The molecule has 2 N–H and O–H groups in total. The highest BCUT2D eigenvalue weighted by Crippen LogP contribution is 2.29. The summed E-state index contributed by atoms with van der Waals surface area (Å²) in [5.41, 5.74) is 0.609. The van der Waals surface area contributed by atoms with Gasteiger partial charge in [-0.1, -0.05) is 37.6 Å². The number of pyridine rings is 1. The van der Waals surface area contributed by atoms with Gasteiger partial charge in [0, 0.05) is 49.4 Å². The molecule has 1 heterocycles. The number of benzene rings is 1. The lowest BCUT2D eigenvalue weighted by Crippen LogP contribution is -2.43. The van der Waals surface area contributed by atoms with Crippen molar-refractivity contribution < 1.29 is 4.39 Å². The maximum absolute atomic E-state index is 13.3. The molecule has 29 heavy (non-hydrogen) atoms. The van der Waals surface area contributed by atoms with Gasteiger partial charge in [0.2, 0.25) is 5.56 Å². The fourth-order valence-corrected chi connectivity index (χ4v) is 3.34. The van der Waals surface area contributed by atoms with Gasteiger partial charge in [-0.25, -0.2) is 4.39 Å². The summed E-state index contributed by atoms with van der Waals surface area (Å²) in [5.74, 6) is 0.357. The molecule has 0 amide bonds. The van der Waals surface area contributed by atoms with Crippen LogP contribution in [0.4, 0.5) is 4.39 Å². The Morgan fingerprint density at radius 1 is 1.21 bits per heavy atom. The zero-order valence-electron chi connectivity index (χ0n) is 17.0. The predicted molar refractivity (Wildman–Crippen MR) is 129 cm³/mol. The third-order valence-corrected chi connectivity index (χ3v) is 4.91. The average molecular weight is 535 g/mol. The van der Waals surface area contributed by atoms with Crippen LogP contribution in [0, 0.1) is 5.82 Å². The van der Waals surface area contributed by atoms with Crippen molar-refractivity contribution in [2.24, 2.45) is 4.99 Å². The van der Waals surface area contributed by atoms with E-state index < -0.39 is 0 Å². The van der Waals surface area contributed by atoms with Crippen LogP contribution >= 0.6 is 35.6 Å². The van der Waals surface area contributed by atoms with Crippen LogP contribution in [-0.4, -0.2) is 30.7 Å². The van der Waals surface area contributed by atoms with Gasteiger partial charge >= 0.3 is 0 Å². The van der Waals surface area contributed by atoms with Gasteiger partial charge in [-0.05, 0) is 36.6 Å². The maximum Gasteiger partial charge on any atom is 0.250 e. The van der Waals surface area contributed by atoms with Crippen molar-refractivity contribution in [2.75, 3.05) is 20.1 Å². The molecule has 1 aromatic carbocycles. The molecule has 0 spiro atoms. The first-order chi connectivity index (χ1) is 13.3. The highest BCUT2D eigenvalue weighted by Gasteiger charge is 2.24. The number of aromatic nitrogens is 1. The van der Waals surface area contributed by atoms with E-state index in [1.165, 1.54) is 12.1 Å².